The number of nitrogens with one attached hydrogen (secondary N) is 1. The average Bonchev–Trinajstić information content (AvgIpc) is 2.33. The van der Waals surface area contributed by atoms with Crippen LogP contribution in [0.5, 0.6) is 0 Å². The predicted octanol–water partition coefficient (Wildman–Crippen LogP) is 2.88. The first-order chi connectivity index (χ1) is 8.36. The molecule has 4 heteroatoms. The summed E-state index contributed by atoms with van der Waals surface area (Å²) in [6, 6.07) is 6.16. The summed E-state index contributed by atoms with van der Waals surface area (Å²) in [6.07, 6.45) is 0.986. The Labute approximate surface area is 115 Å². The summed E-state index contributed by atoms with van der Waals surface area (Å²) >= 11 is 6.21. The third-order valence-corrected chi connectivity index (χ3v) is 4.46. The van der Waals surface area contributed by atoms with Crippen LogP contribution in [-0.2, 0) is 0 Å². The maximum atomic E-state index is 6.21. The Kier molecular flexibility index (Phi) is 5.17. The fourth-order valence-electron chi connectivity index (χ4n) is 2.20. The van der Waals surface area contributed by atoms with Gasteiger partial charge in [0.15, 0.2) is 0 Å². The molecule has 3 N–H and O–H groups in total. The molecule has 0 radical (unpaired) electrons. The summed E-state index contributed by atoms with van der Waals surface area (Å²) in [4.78, 5) is 2.20. The van der Waals surface area contributed by atoms with Crippen molar-refractivity contribution in [3.05, 3.63) is 34.3 Å². The van der Waals surface area contributed by atoms with Gasteiger partial charge in [-0.05, 0) is 51.6 Å². The van der Waals surface area contributed by atoms with E-state index in [1.165, 1.54) is 0 Å². The molecular formula is C14H24ClN3. The predicted molar refractivity (Wildman–Crippen MR) is 78.6 cm³/mol. The van der Waals surface area contributed by atoms with Gasteiger partial charge in [-0.2, -0.15) is 0 Å². The second-order valence-electron chi connectivity index (χ2n) is 5.21. The maximum Gasteiger partial charge on any atom is 0.0641 e. The number of halogens is 1. The molecule has 0 saturated carbocycles. The summed E-state index contributed by atoms with van der Waals surface area (Å²) in [7, 11) is 4.15. The van der Waals surface area contributed by atoms with Crippen LogP contribution in [0.3, 0.4) is 0 Å². The Morgan fingerprint density at radius 3 is 2.44 bits per heavy atom. The topological polar surface area (TPSA) is 41.3 Å². The molecule has 0 spiro atoms. The molecule has 1 rings (SSSR count). The van der Waals surface area contributed by atoms with Gasteiger partial charge in [0.05, 0.1) is 6.04 Å². The summed E-state index contributed by atoms with van der Waals surface area (Å²) in [5.41, 5.74) is 5.07. The standard InChI is InChI=1S/C14H24ClN3/c1-6-14(3,18(4)5)13(17-16)11-8-7-10(2)12(15)9-11/h7-9,13,17H,6,16H2,1-5H3. The van der Waals surface area contributed by atoms with Gasteiger partial charge in [0.2, 0.25) is 0 Å². The number of aryl methyl sites for hydroxylation is 1. The van der Waals surface area contributed by atoms with Gasteiger partial charge in [0, 0.05) is 10.6 Å². The molecule has 0 aromatic heterocycles. The number of nitrogens with two attached hydrogens (primary N) is 1. The highest BCUT2D eigenvalue weighted by atomic mass is 35.5. The number of hydrazine groups is 1. The molecule has 102 valence electrons. The van der Waals surface area contributed by atoms with Crippen LogP contribution in [0.2, 0.25) is 5.02 Å². The molecule has 3 nitrogen and oxygen atoms in total. The SMILES string of the molecule is CCC(C)(C(NN)c1ccc(C)c(Cl)c1)N(C)C. The van der Waals surface area contributed by atoms with Crippen LogP contribution in [0.4, 0.5) is 0 Å². The van der Waals surface area contributed by atoms with Crippen LogP contribution in [-0.4, -0.2) is 24.5 Å². The molecule has 2 unspecified atom stereocenters. The largest absolute Gasteiger partial charge is 0.302 e. The maximum absolute atomic E-state index is 6.21. The second-order valence-corrected chi connectivity index (χ2v) is 5.62. The van der Waals surface area contributed by atoms with Crippen molar-refractivity contribution in [3.8, 4) is 0 Å². The van der Waals surface area contributed by atoms with Gasteiger partial charge in [-0.3, -0.25) is 11.3 Å². The zero-order valence-electron chi connectivity index (χ0n) is 11.9. The second kappa shape index (κ2) is 6.02. The summed E-state index contributed by atoms with van der Waals surface area (Å²) in [6.45, 7) is 6.37. The molecule has 2 atom stereocenters. The monoisotopic (exact) mass is 269 g/mol. The molecule has 0 saturated heterocycles. The first-order valence-corrected chi connectivity index (χ1v) is 6.64. The number of hydrogen-bond donors (Lipinski definition) is 2. The van der Waals surface area contributed by atoms with Gasteiger partial charge >= 0.3 is 0 Å². The van der Waals surface area contributed by atoms with Crippen LogP contribution >= 0.6 is 11.6 Å². The normalized spacial score (nSPS) is 16.7. The van der Waals surface area contributed by atoms with Gasteiger partial charge in [-0.1, -0.05) is 30.7 Å². The Morgan fingerprint density at radius 1 is 1.44 bits per heavy atom. The zero-order valence-corrected chi connectivity index (χ0v) is 12.7. The van der Waals surface area contributed by atoms with Crippen LogP contribution < -0.4 is 11.3 Å². The van der Waals surface area contributed by atoms with Crippen LogP contribution in [0.1, 0.15) is 37.4 Å². The number of nitrogens with zero attached hydrogens (tertiary/aromatic N) is 1. The fourth-order valence-corrected chi connectivity index (χ4v) is 2.39. The Morgan fingerprint density at radius 2 is 2.06 bits per heavy atom. The van der Waals surface area contributed by atoms with E-state index in [0.717, 1.165) is 22.6 Å². The van der Waals surface area contributed by atoms with E-state index in [-0.39, 0.29) is 11.6 Å². The van der Waals surface area contributed by atoms with Crippen LogP contribution in [0, 0.1) is 6.92 Å². The molecule has 0 aliphatic rings. The van der Waals surface area contributed by atoms with Crippen molar-refractivity contribution in [2.24, 2.45) is 5.84 Å². The number of likely N-dealkylation sites (N-methyl/N-ethyl adjacent to an activating group) is 1. The van der Waals surface area contributed by atoms with Crippen molar-refractivity contribution in [1.82, 2.24) is 10.3 Å². The van der Waals surface area contributed by atoms with Gasteiger partial charge in [-0.25, -0.2) is 0 Å². The first kappa shape index (κ1) is 15.4. The van der Waals surface area contributed by atoms with E-state index >= 15 is 0 Å². The van der Waals surface area contributed by atoms with E-state index in [4.69, 9.17) is 17.4 Å². The van der Waals surface area contributed by atoms with E-state index in [0.29, 0.717) is 0 Å². The van der Waals surface area contributed by atoms with Crippen molar-refractivity contribution < 1.29 is 0 Å². The Bertz CT molecular complexity index is 406. The van der Waals surface area contributed by atoms with E-state index < -0.39 is 0 Å². The van der Waals surface area contributed by atoms with Gasteiger partial charge in [-0.15, -0.1) is 0 Å². The molecule has 0 heterocycles. The van der Waals surface area contributed by atoms with Gasteiger partial charge in [0.25, 0.3) is 0 Å². The lowest BCUT2D eigenvalue weighted by Gasteiger charge is -2.42. The molecule has 0 aliphatic carbocycles. The molecule has 0 fully saturated rings. The molecule has 0 amide bonds. The molecule has 1 aromatic carbocycles. The molecule has 1 aromatic rings. The summed E-state index contributed by atoms with van der Waals surface area (Å²) in [5, 5.41) is 0.782. The van der Waals surface area contributed by atoms with Crippen molar-refractivity contribution in [3.63, 3.8) is 0 Å². The van der Waals surface area contributed by atoms with Gasteiger partial charge < -0.3 is 4.90 Å². The minimum absolute atomic E-state index is 0.0376. The molecule has 0 bridgehead atoms. The quantitative estimate of drug-likeness (QED) is 0.638. The lowest BCUT2D eigenvalue weighted by Crippen LogP contribution is -2.53. The average molecular weight is 270 g/mol. The van der Waals surface area contributed by atoms with E-state index in [1.807, 2.05) is 19.1 Å². The lowest BCUT2D eigenvalue weighted by atomic mass is 9.83. The Hall–Kier alpha value is -0.610. The van der Waals surface area contributed by atoms with Crippen LogP contribution in [0.15, 0.2) is 18.2 Å². The van der Waals surface area contributed by atoms with E-state index in [1.54, 1.807) is 0 Å². The van der Waals surface area contributed by atoms with Crippen molar-refractivity contribution in [2.75, 3.05) is 14.1 Å². The summed E-state index contributed by atoms with van der Waals surface area (Å²) in [5.74, 6) is 5.77. The molecule has 18 heavy (non-hydrogen) atoms. The third kappa shape index (κ3) is 2.86. The minimum Gasteiger partial charge on any atom is -0.302 e. The molecule has 0 aliphatic heterocycles. The third-order valence-electron chi connectivity index (χ3n) is 4.06. The number of hydrogen-bond acceptors (Lipinski definition) is 3. The molecular weight excluding hydrogens is 246 g/mol. The smallest absolute Gasteiger partial charge is 0.0641 e. The fraction of sp³-hybridized carbons (Fsp3) is 0.571. The highest BCUT2D eigenvalue weighted by Crippen LogP contribution is 2.33. The first-order valence-electron chi connectivity index (χ1n) is 6.26. The van der Waals surface area contributed by atoms with Crippen LogP contribution in [0.25, 0.3) is 0 Å². The Balaban J connectivity index is 3.20. The van der Waals surface area contributed by atoms with Crippen molar-refractivity contribution >= 4 is 11.6 Å². The van der Waals surface area contributed by atoms with E-state index in [2.05, 4.69) is 44.3 Å². The lowest BCUT2D eigenvalue weighted by molar-refractivity contribution is 0.113. The summed E-state index contributed by atoms with van der Waals surface area (Å²) < 4.78 is 0. The van der Waals surface area contributed by atoms with Crippen molar-refractivity contribution in [2.45, 2.75) is 38.8 Å². The van der Waals surface area contributed by atoms with E-state index in [9.17, 15) is 0 Å². The number of benzene rings is 1. The van der Waals surface area contributed by atoms with Crippen molar-refractivity contribution in [1.29, 1.82) is 0 Å². The zero-order chi connectivity index (χ0) is 13.9. The highest BCUT2D eigenvalue weighted by molar-refractivity contribution is 6.31. The highest BCUT2D eigenvalue weighted by Gasteiger charge is 2.35. The van der Waals surface area contributed by atoms with Gasteiger partial charge in [0.1, 0.15) is 0 Å². The minimum atomic E-state index is -0.0622. The number of rotatable bonds is 5.